The number of nitro benzene ring substituents is 1. The summed E-state index contributed by atoms with van der Waals surface area (Å²) in [6, 6.07) is 10.2. The van der Waals surface area contributed by atoms with Crippen molar-refractivity contribution < 1.29 is 4.92 Å². The molecule has 0 unspecified atom stereocenters. The Hall–Kier alpha value is -2.87. The van der Waals surface area contributed by atoms with Crippen molar-refractivity contribution in [2.24, 2.45) is 0 Å². The third-order valence-corrected chi connectivity index (χ3v) is 3.74. The third-order valence-electron chi connectivity index (χ3n) is 3.74. The standard InChI is InChI=1S/C17H17N3O2/c1-4-19-12(2)9-15(13(19)3)10-16(11-18)14-5-7-17(8-6-14)20(21)22/h5-10H,4H2,1-3H3/b16-10-. The third kappa shape index (κ3) is 2.91. The number of allylic oxidation sites excluding steroid dienone is 1. The fourth-order valence-corrected chi connectivity index (χ4v) is 2.56. The molecule has 0 atom stereocenters. The molecule has 0 N–H and O–H groups in total. The maximum absolute atomic E-state index is 10.7. The maximum Gasteiger partial charge on any atom is 0.269 e. The van der Waals surface area contributed by atoms with Gasteiger partial charge in [-0.05, 0) is 56.2 Å². The Bertz CT molecular complexity index is 777. The highest BCUT2D eigenvalue weighted by Crippen LogP contribution is 2.24. The molecule has 1 heterocycles. The van der Waals surface area contributed by atoms with Crippen molar-refractivity contribution in [3.05, 3.63) is 63.0 Å². The van der Waals surface area contributed by atoms with Crippen LogP contribution in [0.4, 0.5) is 5.69 Å². The molecule has 0 bridgehead atoms. The monoisotopic (exact) mass is 295 g/mol. The number of nitriles is 1. The topological polar surface area (TPSA) is 71.9 Å². The summed E-state index contributed by atoms with van der Waals surface area (Å²) in [5.41, 5.74) is 4.43. The van der Waals surface area contributed by atoms with Gasteiger partial charge in [-0.2, -0.15) is 5.26 Å². The highest BCUT2D eigenvalue weighted by atomic mass is 16.6. The lowest BCUT2D eigenvalue weighted by molar-refractivity contribution is -0.384. The largest absolute Gasteiger partial charge is 0.349 e. The van der Waals surface area contributed by atoms with Crippen LogP contribution >= 0.6 is 0 Å². The SMILES string of the molecule is CCn1c(C)cc(/C=C(/C#N)c2ccc([N+](=O)[O-])cc2)c1C. The summed E-state index contributed by atoms with van der Waals surface area (Å²) in [5.74, 6) is 0. The molecule has 0 radical (unpaired) electrons. The fourth-order valence-electron chi connectivity index (χ4n) is 2.56. The van der Waals surface area contributed by atoms with Crippen LogP contribution in [0, 0.1) is 35.3 Å². The summed E-state index contributed by atoms with van der Waals surface area (Å²) in [5, 5.41) is 20.1. The van der Waals surface area contributed by atoms with Gasteiger partial charge in [0.25, 0.3) is 5.69 Å². The Kier molecular flexibility index (Phi) is 4.42. The summed E-state index contributed by atoms with van der Waals surface area (Å²) in [7, 11) is 0. The van der Waals surface area contributed by atoms with Crippen molar-refractivity contribution in [1.82, 2.24) is 4.57 Å². The number of aromatic nitrogens is 1. The zero-order valence-electron chi connectivity index (χ0n) is 12.8. The molecule has 2 aromatic rings. The number of non-ortho nitro benzene ring substituents is 1. The van der Waals surface area contributed by atoms with Crippen LogP contribution < -0.4 is 0 Å². The van der Waals surface area contributed by atoms with Gasteiger partial charge in [0.15, 0.2) is 0 Å². The van der Waals surface area contributed by atoms with E-state index in [1.54, 1.807) is 12.1 Å². The molecule has 0 aliphatic rings. The fraction of sp³-hybridized carbons (Fsp3) is 0.235. The Morgan fingerprint density at radius 3 is 2.45 bits per heavy atom. The number of hydrogen-bond donors (Lipinski definition) is 0. The van der Waals surface area contributed by atoms with Crippen LogP contribution in [0.1, 0.15) is 29.4 Å². The summed E-state index contributed by atoms with van der Waals surface area (Å²) >= 11 is 0. The number of hydrogen-bond acceptors (Lipinski definition) is 3. The van der Waals surface area contributed by atoms with Crippen LogP contribution in [0.2, 0.25) is 0 Å². The van der Waals surface area contributed by atoms with Gasteiger partial charge in [0, 0.05) is 30.1 Å². The first-order valence-electron chi connectivity index (χ1n) is 7.01. The maximum atomic E-state index is 10.7. The first-order chi connectivity index (χ1) is 10.5. The van der Waals surface area contributed by atoms with Gasteiger partial charge in [-0.1, -0.05) is 0 Å². The van der Waals surface area contributed by atoms with Gasteiger partial charge in [0.2, 0.25) is 0 Å². The van der Waals surface area contributed by atoms with E-state index in [-0.39, 0.29) is 5.69 Å². The quantitative estimate of drug-likeness (QED) is 0.484. The molecule has 5 heteroatoms. The highest BCUT2D eigenvalue weighted by molar-refractivity contribution is 5.90. The predicted octanol–water partition coefficient (Wildman–Crippen LogP) is 4.10. The molecule has 2 rings (SSSR count). The first kappa shape index (κ1) is 15.5. The molecule has 0 spiro atoms. The van der Waals surface area contributed by atoms with E-state index in [1.165, 1.54) is 12.1 Å². The van der Waals surface area contributed by atoms with E-state index in [1.807, 2.05) is 26.0 Å². The van der Waals surface area contributed by atoms with Crippen molar-refractivity contribution in [3.63, 3.8) is 0 Å². The second kappa shape index (κ2) is 6.27. The van der Waals surface area contributed by atoms with Crippen LogP contribution in [-0.2, 0) is 6.54 Å². The molecule has 0 aliphatic heterocycles. The molecule has 1 aromatic heterocycles. The van der Waals surface area contributed by atoms with Crippen LogP contribution in [0.15, 0.2) is 30.3 Å². The molecule has 0 saturated carbocycles. The zero-order chi connectivity index (χ0) is 16.3. The Balaban J connectivity index is 2.44. The van der Waals surface area contributed by atoms with Gasteiger partial charge in [0.1, 0.15) is 0 Å². The molecule has 0 fully saturated rings. The molecular weight excluding hydrogens is 278 g/mol. The van der Waals surface area contributed by atoms with E-state index in [4.69, 9.17) is 0 Å². The number of nitrogens with zero attached hydrogens (tertiary/aromatic N) is 3. The van der Waals surface area contributed by atoms with E-state index in [0.717, 1.165) is 23.5 Å². The summed E-state index contributed by atoms with van der Waals surface area (Å²) in [6.07, 6.45) is 1.83. The van der Waals surface area contributed by atoms with Gasteiger partial charge in [0.05, 0.1) is 16.6 Å². The Morgan fingerprint density at radius 1 is 1.36 bits per heavy atom. The normalized spacial score (nSPS) is 11.3. The molecule has 5 nitrogen and oxygen atoms in total. The van der Waals surface area contributed by atoms with E-state index in [9.17, 15) is 15.4 Å². The van der Waals surface area contributed by atoms with Crippen LogP contribution in [0.5, 0.6) is 0 Å². The number of aryl methyl sites for hydroxylation is 1. The van der Waals surface area contributed by atoms with Crippen molar-refractivity contribution in [2.45, 2.75) is 27.3 Å². The number of rotatable bonds is 4. The van der Waals surface area contributed by atoms with E-state index < -0.39 is 4.92 Å². The van der Waals surface area contributed by atoms with E-state index in [0.29, 0.717) is 11.1 Å². The molecule has 22 heavy (non-hydrogen) atoms. The lowest BCUT2D eigenvalue weighted by Crippen LogP contribution is -1.98. The lowest BCUT2D eigenvalue weighted by Gasteiger charge is -2.05. The average molecular weight is 295 g/mol. The van der Waals surface area contributed by atoms with E-state index >= 15 is 0 Å². The van der Waals surface area contributed by atoms with Crippen LogP contribution in [0.3, 0.4) is 0 Å². The Labute approximate surface area is 129 Å². The highest BCUT2D eigenvalue weighted by Gasteiger charge is 2.10. The van der Waals surface area contributed by atoms with Crippen molar-refractivity contribution in [2.75, 3.05) is 0 Å². The van der Waals surface area contributed by atoms with Crippen LogP contribution in [-0.4, -0.2) is 9.49 Å². The smallest absolute Gasteiger partial charge is 0.269 e. The molecule has 112 valence electrons. The number of nitro groups is 1. The van der Waals surface area contributed by atoms with Gasteiger partial charge in [-0.3, -0.25) is 10.1 Å². The van der Waals surface area contributed by atoms with E-state index in [2.05, 4.69) is 17.6 Å². The second-order valence-corrected chi connectivity index (χ2v) is 5.04. The zero-order valence-corrected chi connectivity index (χ0v) is 12.8. The second-order valence-electron chi connectivity index (χ2n) is 5.04. The molecule has 0 amide bonds. The molecular formula is C17H17N3O2. The first-order valence-corrected chi connectivity index (χ1v) is 7.01. The average Bonchev–Trinajstić information content (AvgIpc) is 2.78. The lowest BCUT2D eigenvalue weighted by atomic mass is 10.0. The minimum atomic E-state index is -0.450. The summed E-state index contributed by atoms with van der Waals surface area (Å²) < 4.78 is 2.18. The van der Waals surface area contributed by atoms with Gasteiger partial charge >= 0.3 is 0 Å². The predicted molar refractivity (Wildman–Crippen MR) is 86.2 cm³/mol. The Morgan fingerprint density at radius 2 is 2.00 bits per heavy atom. The minimum Gasteiger partial charge on any atom is -0.349 e. The summed E-state index contributed by atoms with van der Waals surface area (Å²) in [4.78, 5) is 10.2. The minimum absolute atomic E-state index is 0.0187. The summed E-state index contributed by atoms with van der Waals surface area (Å²) in [6.45, 7) is 7.01. The molecule has 1 aromatic carbocycles. The van der Waals surface area contributed by atoms with Crippen molar-refractivity contribution in [3.8, 4) is 6.07 Å². The van der Waals surface area contributed by atoms with Crippen molar-refractivity contribution in [1.29, 1.82) is 5.26 Å². The number of benzene rings is 1. The van der Waals surface area contributed by atoms with Crippen molar-refractivity contribution >= 4 is 17.3 Å². The van der Waals surface area contributed by atoms with Crippen LogP contribution in [0.25, 0.3) is 11.6 Å². The molecule has 0 aliphatic carbocycles. The van der Waals surface area contributed by atoms with Gasteiger partial charge < -0.3 is 4.57 Å². The molecule has 0 saturated heterocycles. The van der Waals surface area contributed by atoms with Gasteiger partial charge in [-0.15, -0.1) is 0 Å². The van der Waals surface area contributed by atoms with Gasteiger partial charge in [-0.25, -0.2) is 0 Å².